The molecule has 1 amide bonds. The molecule has 0 saturated carbocycles. The smallest absolute Gasteiger partial charge is 0.407 e. The zero-order chi connectivity index (χ0) is 11.8. The minimum Gasteiger partial charge on any atom is -0.453 e. The van der Waals surface area contributed by atoms with Crippen LogP contribution in [0.25, 0.3) is 0 Å². The van der Waals surface area contributed by atoms with Crippen LogP contribution >= 0.6 is 0 Å². The number of hydrogen-bond acceptors (Lipinski definition) is 4. The van der Waals surface area contributed by atoms with E-state index in [0.29, 0.717) is 13.0 Å². The predicted molar refractivity (Wildman–Crippen MR) is 55.7 cm³/mol. The normalized spacial score (nSPS) is 12.3. The topological polar surface area (TPSA) is 64.6 Å². The number of alkyl carbamates (subject to hydrolysis) is 1. The molecule has 1 atom stereocenters. The zero-order valence-electron chi connectivity index (χ0n) is 9.70. The summed E-state index contributed by atoms with van der Waals surface area (Å²) in [6.07, 6.45) is -0.132. The Morgan fingerprint density at radius 2 is 1.87 bits per heavy atom. The van der Waals surface area contributed by atoms with Crippen LogP contribution in [0.2, 0.25) is 0 Å². The van der Waals surface area contributed by atoms with Gasteiger partial charge in [0.25, 0.3) is 0 Å². The van der Waals surface area contributed by atoms with Crippen LogP contribution in [-0.2, 0) is 14.3 Å². The molecule has 0 aromatic heterocycles. The molecule has 0 radical (unpaired) electrons. The molecule has 0 rings (SSSR count). The second-order valence-corrected chi connectivity index (χ2v) is 3.53. The van der Waals surface area contributed by atoms with Crippen molar-refractivity contribution in [3.63, 3.8) is 0 Å². The largest absolute Gasteiger partial charge is 0.453 e. The fourth-order valence-electron chi connectivity index (χ4n) is 1.12. The second-order valence-electron chi connectivity index (χ2n) is 3.53. The predicted octanol–water partition coefficient (Wildman–Crippen LogP) is 0.973. The molecule has 0 unspecified atom stereocenters. The average molecular weight is 217 g/mol. The van der Waals surface area contributed by atoms with Gasteiger partial charge >= 0.3 is 6.09 Å². The molecule has 15 heavy (non-hydrogen) atoms. The third kappa shape index (κ3) is 5.37. The molecule has 0 aromatic rings. The van der Waals surface area contributed by atoms with Gasteiger partial charge in [-0.25, -0.2) is 4.79 Å². The third-order valence-electron chi connectivity index (χ3n) is 2.00. The second kappa shape index (κ2) is 7.23. The maximum absolute atomic E-state index is 11.7. The minimum absolute atomic E-state index is 0.0162. The van der Waals surface area contributed by atoms with Crippen molar-refractivity contribution < 1.29 is 19.1 Å². The molecule has 5 heteroatoms. The number of carbonyl (C=O) groups is 2. The van der Waals surface area contributed by atoms with Crippen molar-refractivity contribution in [2.75, 3.05) is 20.8 Å². The van der Waals surface area contributed by atoms with E-state index < -0.39 is 12.1 Å². The molecule has 0 aromatic carbocycles. The van der Waals surface area contributed by atoms with Crippen LogP contribution in [0.4, 0.5) is 4.79 Å². The molecule has 0 aliphatic heterocycles. The Morgan fingerprint density at radius 3 is 2.27 bits per heavy atom. The summed E-state index contributed by atoms with van der Waals surface area (Å²) in [4.78, 5) is 22.7. The summed E-state index contributed by atoms with van der Waals surface area (Å²) < 4.78 is 9.32. The molecule has 5 nitrogen and oxygen atoms in total. The summed E-state index contributed by atoms with van der Waals surface area (Å²) in [5.41, 5.74) is 0. The number of carbonyl (C=O) groups excluding carboxylic acids is 2. The van der Waals surface area contributed by atoms with Gasteiger partial charge in [-0.2, -0.15) is 0 Å². The van der Waals surface area contributed by atoms with Crippen LogP contribution in [0.15, 0.2) is 0 Å². The minimum atomic E-state index is -0.592. The number of hydrogen-bond donors (Lipinski definition) is 1. The molecule has 1 N–H and O–H groups in total. The van der Waals surface area contributed by atoms with Gasteiger partial charge in [0.15, 0.2) is 5.78 Å². The van der Waals surface area contributed by atoms with E-state index in [1.54, 1.807) is 21.0 Å². The van der Waals surface area contributed by atoms with Crippen LogP contribution in [0.1, 0.15) is 20.3 Å². The highest BCUT2D eigenvalue weighted by Crippen LogP contribution is 2.04. The monoisotopic (exact) mass is 217 g/mol. The number of amides is 1. The van der Waals surface area contributed by atoms with Crippen LogP contribution in [0.5, 0.6) is 0 Å². The highest BCUT2D eigenvalue weighted by molar-refractivity contribution is 5.88. The Labute approximate surface area is 90.1 Å². The van der Waals surface area contributed by atoms with Crippen molar-refractivity contribution in [2.24, 2.45) is 5.92 Å². The van der Waals surface area contributed by atoms with Crippen molar-refractivity contribution in [3.8, 4) is 0 Å². The van der Waals surface area contributed by atoms with E-state index in [4.69, 9.17) is 4.74 Å². The maximum atomic E-state index is 11.7. The van der Waals surface area contributed by atoms with E-state index >= 15 is 0 Å². The quantitative estimate of drug-likeness (QED) is 0.720. The fraction of sp³-hybridized carbons (Fsp3) is 0.800. The number of methoxy groups -OCH3 is 2. The molecule has 0 spiro atoms. The number of Topliss-reactive ketones (excluding diaryl/α,β-unsaturated/α-hetero) is 1. The molecule has 0 aliphatic rings. The lowest BCUT2D eigenvalue weighted by Crippen LogP contribution is -2.43. The van der Waals surface area contributed by atoms with Crippen LogP contribution in [0.3, 0.4) is 0 Å². The van der Waals surface area contributed by atoms with E-state index in [9.17, 15) is 9.59 Å². The van der Waals surface area contributed by atoms with Gasteiger partial charge in [-0.15, -0.1) is 0 Å². The third-order valence-corrected chi connectivity index (χ3v) is 2.00. The Bertz CT molecular complexity index is 215. The Balaban J connectivity index is 4.29. The van der Waals surface area contributed by atoms with Crippen LogP contribution in [0, 0.1) is 5.92 Å². The van der Waals surface area contributed by atoms with Gasteiger partial charge < -0.3 is 14.8 Å². The summed E-state index contributed by atoms with van der Waals surface area (Å²) >= 11 is 0. The van der Waals surface area contributed by atoms with Crippen molar-refractivity contribution in [3.05, 3.63) is 0 Å². The number of ether oxygens (including phenoxy) is 2. The lowest BCUT2D eigenvalue weighted by Gasteiger charge is -2.18. The molecule has 0 heterocycles. The molecular formula is C10H19NO4. The zero-order valence-corrected chi connectivity index (χ0v) is 9.70. The summed E-state index contributed by atoms with van der Waals surface area (Å²) in [6, 6.07) is -0.530. The van der Waals surface area contributed by atoms with E-state index in [2.05, 4.69) is 10.1 Å². The summed E-state index contributed by atoms with van der Waals surface area (Å²) in [7, 11) is 2.82. The Hall–Kier alpha value is -1.10. The van der Waals surface area contributed by atoms with E-state index in [1.165, 1.54) is 7.11 Å². The van der Waals surface area contributed by atoms with Gasteiger partial charge in [-0.3, -0.25) is 4.79 Å². The number of ketones is 1. The van der Waals surface area contributed by atoms with Gasteiger partial charge in [0.05, 0.1) is 13.2 Å². The Kier molecular flexibility index (Phi) is 6.70. The van der Waals surface area contributed by atoms with Crippen molar-refractivity contribution in [1.82, 2.24) is 5.32 Å². The van der Waals surface area contributed by atoms with Gasteiger partial charge in [-0.1, -0.05) is 13.8 Å². The van der Waals surface area contributed by atoms with Crippen molar-refractivity contribution in [1.29, 1.82) is 0 Å². The lowest BCUT2D eigenvalue weighted by atomic mass is 10.00. The van der Waals surface area contributed by atoms with Crippen molar-refractivity contribution in [2.45, 2.75) is 26.3 Å². The van der Waals surface area contributed by atoms with Gasteiger partial charge in [0, 0.05) is 19.6 Å². The molecule has 0 saturated heterocycles. The maximum Gasteiger partial charge on any atom is 0.407 e. The molecule has 0 fully saturated rings. The first kappa shape index (κ1) is 13.9. The molecular weight excluding hydrogens is 198 g/mol. The SMILES string of the molecule is COCC[C@H](NC(=O)OC)C(=O)C(C)C. The Morgan fingerprint density at radius 1 is 1.27 bits per heavy atom. The van der Waals surface area contributed by atoms with E-state index in [-0.39, 0.29) is 11.7 Å². The van der Waals surface area contributed by atoms with Gasteiger partial charge in [0.1, 0.15) is 0 Å². The molecule has 88 valence electrons. The summed E-state index contributed by atoms with van der Waals surface area (Å²) in [5.74, 6) is -0.138. The number of nitrogens with one attached hydrogen (secondary N) is 1. The van der Waals surface area contributed by atoms with E-state index in [1.807, 2.05) is 0 Å². The highest BCUT2D eigenvalue weighted by Gasteiger charge is 2.22. The lowest BCUT2D eigenvalue weighted by molar-refractivity contribution is -0.124. The fourth-order valence-corrected chi connectivity index (χ4v) is 1.12. The van der Waals surface area contributed by atoms with Crippen LogP contribution < -0.4 is 5.32 Å². The summed E-state index contributed by atoms with van der Waals surface area (Å²) in [6.45, 7) is 4.01. The summed E-state index contributed by atoms with van der Waals surface area (Å²) in [5, 5.41) is 2.49. The standard InChI is InChI=1S/C10H19NO4/c1-7(2)9(12)8(5-6-14-3)11-10(13)15-4/h7-8H,5-6H2,1-4H3,(H,11,13)/t8-/m0/s1. The molecule has 0 bridgehead atoms. The van der Waals surface area contributed by atoms with E-state index in [0.717, 1.165) is 0 Å². The van der Waals surface area contributed by atoms with Gasteiger partial charge in [0.2, 0.25) is 0 Å². The first-order valence-corrected chi connectivity index (χ1v) is 4.90. The van der Waals surface area contributed by atoms with Gasteiger partial charge in [-0.05, 0) is 6.42 Å². The average Bonchev–Trinajstić information content (AvgIpc) is 2.22. The number of rotatable bonds is 6. The highest BCUT2D eigenvalue weighted by atomic mass is 16.5. The molecule has 0 aliphatic carbocycles. The van der Waals surface area contributed by atoms with Crippen LogP contribution in [-0.4, -0.2) is 38.7 Å². The first-order chi connectivity index (χ1) is 7.02. The van der Waals surface area contributed by atoms with Crippen molar-refractivity contribution >= 4 is 11.9 Å². The first-order valence-electron chi connectivity index (χ1n) is 4.90.